The number of aryl methyl sites for hydroxylation is 5. The molecule has 1 aromatic carbocycles. The number of pyridine rings is 1. The van der Waals surface area contributed by atoms with Gasteiger partial charge in [-0.3, -0.25) is 4.79 Å². The van der Waals surface area contributed by atoms with Gasteiger partial charge in [-0.2, -0.15) is 5.10 Å². The molecule has 154 valence electrons. The summed E-state index contributed by atoms with van der Waals surface area (Å²) in [7, 11) is 0. The van der Waals surface area contributed by atoms with E-state index in [4.69, 9.17) is 10.1 Å². The summed E-state index contributed by atoms with van der Waals surface area (Å²) >= 11 is 0. The molecule has 1 amide bonds. The van der Waals surface area contributed by atoms with E-state index >= 15 is 0 Å². The molecule has 0 unspecified atom stereocenters. The Kier molecular flexibility index (Phi) is 5.40. The lowest BCUT2D eigenvalue weighted by Crippen LogP contribution is -2.14. The van der Waals surface area contributed by atoms with Crippen molar-refractivity contribution in [3.63, 3.8) is 0 Å². The molecule has 3 heterocycles. The first-order valence-corrected chi connectivity index (χ1v) is 10.3. The van der Waals surface area contributed by atoms with E-state index in [2.05, 4.69) is 18.3 Å². The van der Waals surface area contributed by atoms with E-state index in [0.29, 0.717) is 19.4 Å². The second-order valence-corrected chi connectivity index (χ2v) is 7.83. The maximum atomic E-state index is 12.5. The van der Waals surface area contributed by atoms with Crippen LogP contribution < -0.4 is 5.32 Å². The van der Waals surface area contributed by atoms with Gasteiger partial charge < -0.3 is 9.88 Å². The van der Waals surface area contributed by atoms with E-state index in [1.807, 2.05) is 72.7 Å². The van der Waals surface area contributed by atoms with Crippen molar-refractivity contribution in [1.29, 1.82) is 0 Å². The van der Waals surface area contributed by atoms with Gasteiger partial charge >= 0.3 is 0 Å². The number of amides is 1. The van der Waals surface area contributed by atoms with Crippen LogP contribution >= 0.6 is 0 Å². The third-order valence-electron chi connectivity index (χ3n) is 5.38. The van der Waals surface area contributed by atoms with Crippen molar-refractivity contribution in [3.8, 4) is 5.82 Å². The fraction of sp³-hybridized carbons (Fsp3) is 0.292. The van der Waals surface area contributed by atoms with Gasteiger partial charge in [-0.25, -0.2) is 9.67 Å². The Hall–Kier alpha value is -3.41. The Morgan fingerprint density at radius 3 is 2.40 bits per heavy atom. The minimum Gasteiger partial charge on any atom is -0.326 e. The number of nitrogens with zero attached hydrogens (tertiary/aromatic N) is 4. The first-order chi connectivity index (χ1) is 14.4. The fourth-order valence-corrected chi connectivity index (χ4v) is 3.91. The van der Waals surface area contributed by atoms with Crippen LogP contribution in [0.15, 0.2) is 48.8 Å². The summed E-state index contributed by atoms with van der Waals surface area (Å²) in [6.07, 6.45) is 5.10. The first-order valence-electron chi connectivity index (χ1n) is 10.3. The number of carbonyl (C=O) groups is 1. The maximum absolute atomic E-state index is 12.5. The second kappa shape index (κ2) is 8.14. The van der Waals surface area contributed by atoms with E-state index in [9.17, 15) is 4.79 Å². The molecule has 0 atom stereocenters. The highest BCUT2D eigenvalue weighted by Gasteiger charge is 2.16. The van der Waals surface area contributed by atoms with Gasteiger partial charge in [0.25, 0.3) is 0 Å². The summed E-state index contributed by atoms with van der Waals surface area (Å²) < 4.78 is 3.94. The highest BCUT2D eigenvalue weighted by Crippen LogP contribution is 2.25. The number of rotatable bonds is 6. The fourth-order valence-electron chi connectivity index (χ4n) is 3.91. The molecule has 30 heavy (non-hydrogen) atoms. The number of para-hydroxylation sites is 1. The Bertz CT molecular complexity index is 1180. The lowest BCUT2D eigenvalue weighted by Gasteiger charge is -2.11. The van der Waals surface area contributed by atoms with Gasteiger partial charge in [0.15, 0.2) is 11.5 Å². The molecular formula is C24H27N5O. The third-order valence-corrected chi connectivity index (χ3v) is 5.38. The number of hydrogen-bond acceptors (Lipinski definition) is 3. The molecule has 0 bridgehead atoms. The minimum absolute atomic E-state index is 0.0230. The first kappa shape index (κ1) is 19.9. The second-order valence-electron chi connectivity index (χ2n) is 7.83. The van der Waals surface area contributed by atoms with Crippen LogP contribution in [0.4, 0.5) is 5.69 Å². The summed E-state index contributed by atoms with van der Waals surface area (Å²) in [6, 6.07) is 12.1. The quantitative estimate of drug-likeness (QED) is 0.501. The van der Waals surface area contributed by atoms with Crippen molar-refractivity contribution in [1.82, 2.24) is 19.3 Å². The SMILES string of the molecule is Cc1cc(C)c2c(-n3cccc3)nn(CCCC(=O)Nc3c(C)cccc3C)c2n1. The van der Waals surface area contributed by atoms with Crippen molar-refractivity contribution in [2.24, 2.45) is 0 Å². The molecule has 0 spiro atoms. The highest BCUT2D eigenvalue weighted by molar-refractivity contribution is 5.92. The van der Waals surface area contributed by atoms with Crippen LogP contribution in [-0.2, 0) is 11.3 Å². The predicted octanol–water partition coefficient (Wildman–Crippen LogP) is 4.87. The molecule has 0 radical (unpaired) electrons. The van der Waals surface area contributed by atoms with Gasteiger partial charge in [-0.05, 0) is 69.0 Å². The standard InChI is InChI=1S/C24H27N5O/c1-16-9-7-10-17(2)22(16)26-20(30)11-8-14-29-23-21(18(3)15-19(4)25-23)24(27-29)28-12-5-6-13-28/h5-7,9-10,12-13,15H,8,11,14H2,1-4H3,(H,26,30). The zero-order valence-electron chi connectivity index (χ0n) is 17.9. The van der Waals surface area contributed by atoms with Crippen LogP contribution in [0.3, 0.4) is 0 Å². The van der Waals surface area contributed by atoms with Crippen LogP contribution in [0.1, 0.15) is 35.2 Å². The van der Waals surface area contributed by atoms with Crippen molar-refractivity contribution in [3.05, 3.63) is 71.2 Å². The summed E-state index contributed by atoms with van der Waals surface area (Å²) in [5, 5.41) is 8.94. The Morgan fingerprint density at radius 2 is 1.70 bits per heavy atom. The summed E-state index contributed by atoms with van der Waals surface area (Å²) in [5.74, 6) is 0.898. The van der Waals surface area contributed by atoms with Crippen molar-refractivity contribution >= 4 is 22.6 Å². The van der Waals surface area contributed by atoms with Gasteiger partial charge in [0.1, 0.15) is 0 Å². The zero-order chi connectivity index (χ0) is 21.3. The average Bonchev–Trinajstić information content (AvgIpc) is 3.33. The van der Waals surface area contributed by atoms with Crippen LogP contribution in [0.5, 0.6) is 0 Å². The predicted molar refractivity (Wildman–Crippen MR) is 120 cm³/mol. The lowest BCUT2D eigenvalue weighted by atomic mass is 10.1. The Labute approximate surface area is 176 Å². The van der Waals surface area contributed by atoms with E-state index in [0.717, 1.165) is 44.9 Å². The summed E-state index contributed by atoms with van der Waals surface area (Å²) in [4.78, 5) is 17.3. The molecule has 0 aliphatic heterocycles. The Balaban J connectivity index is 1.52. The van der Waals surface area contributed by atoms with Crippen LogP contribution in [-0.4, -0.2) is 25.2 Å². The normalized spacial score (nSPS) is 11.2. The van der Waals surface area contributed by atoms with Crippen LogP contribution in [0.2, 0.25) is 0 Å². The largest absolute Gasteiger partial charge is 0.326 e. The summed E-state index contributed by atoms with van der Waals surface area (Å²) in [5.41, 5.74) is 6.05. The van der Waals surface area contributed by atoms with Crippen LogP contribution in [0.25, 0.3) is 16.9 Å². The number of aromatic nitrogens is 4. The van der Waals surface area contributed by atoms with E-state index < -0.39 is 0 Å². The molecular weight excluding hydrogens is 374 g/mol. The monoisotopic (exact) mass is 401 g/mol. The molecule has 0 saturated carbocycles. The molecule has 1 N–H and O–H groups in total. The van der Waals surface area contributed by atoms with Gasteiger partial charge in [-0.1, -0.05) is 18.2 Å². The number of benzene rings is 1. The van der Waals surface area contributed by atoms with Crippen molar-refractivity contribution < 1.29 is 4.79 Å². The van der Waals surface area contributed by atoms with Crippen molar-refractivity contribution in [2.45, 2.75) is 47.1 Å². The molecule has 0 aliphatic carbocycles. The number of carbonyl (C=O) groups excluding carboxylic acids is 1. The molecule has 6 nitrogen and oxygen atoms in total. The number of nitrogens with one attached hydrogen (secondary N) is 1. The number of fused-ring (bicyclic) bond motifs is 1. The smallest absolute Gasteiger partial charge is 0.224 e. The van der Waals surface area contributed by atoms with Gasteiger partial charge in [0, 0.05) is 36.7 Å². The molecule has 6 heteroatoms. The topological polar surface area (TPSA) is 64.7 Å². The van der Waals surface area contributed by atoms with Crippen molar-refractivity contribution in [2.75, 3.05) is 5.32 Å². The minimum atomic E-state index is 0.0230. The summed E-state index contributed by atoms with van der Waals surface area (Å²) in [6.45, 7) is 8.74. The van der Waals surface area contributed by atoms with Gasteiger partial charge in [-0.15, -0.1) is 0 Å². The molecule has 4 aromatic rings. The molecule has 0 aliphatic rings. The van der Waals surface area contributed by atoms with Crippen LogP contribution in [0, 0.1) is 27.7 Å². The Morgan fingerprint density at radius 1 is 1.00 bits per heavy atom. The molecule has 0 saturated heterocycles. The molecule has 3 aromatic heterocycles. The highest BCUT2D eigenvalue weighted by atomic mass is 16.1. The van der Waals surface area contributed by atoms with E-state index in [1.54, 1.807) is 0 Å². The number of anilines is 1. The van der Waals surface area contributed by atoms with E-state index in [-0.39, 0.29) is 5.91 Å². The molecule has 0 fully saturated rings. The lowest BCUT2D eigenvalue weighted by molar-refractivity contribution is -0.116. The van der Waals surface area contributed by atoms with E-state index in [1.165, 1.54) is 0 Å². The zero-order valence-corrected chi connectivity index (χ0v) is 17.9. The maximum Gasteiger partial charge on any atom is 0.224 e. The third kappa shape index (κ3) is 3.85. The molecule has 4 rings (SSSR count). The number of hydrogen-bond donors (Lipinski definition) is 1. The van der Waals surface area contributed by atoms with Gasteiger partial charge in [0.2, 0.25) is 5.91 Å². The van der Waals surface area contributed by atoms with Gasteiger partial charge in [0.05, 0.1) is 5.39 Å². The average molecular weight is 402 g/mol.